The highest BCUT2D eigenvalue weighted by Gasteiger charge is 2.26. The molecule has 0 aliphatic carbocycles. The number of carbonyl (C=O) groups is 2. The van der Waals surface area contributed by atoms with Crippen molar-refractivity contribution >= 4 is 17.5 Å². The van der Waals surface area contributed by atoms with E-state index >= 15 is 0 Å². The number of benzene rings is 1. The summed E-state index contributed by atoms with van der Waals surface area (Å²) in [5, 5.41) is 10.1. The number of hydrogen-bond donors (Lipinski definition) is 1. The van der Waals surface area contributed by atoms with Crippen molar-refractivity contribution in [1.82, 2.24) is 4.90 Å². The van der Waals surface area contributed by atoms with Gasteiger partial charge in [-0.05, 0) is 24.1 Å². The Morgan fingerprint density at radius 3 is 2.71 bits per heavy atom. The molecule has 1 aromatic carbocycles. The van der Waals surface area contributed by atoms with Gasteiger partial charge in [0.25, 0.3) is 0 Å². The number of phenols is 1. The van der Waals surface area contributed by atoms with Crippen LogP contribution in [-0.2, 0) is 9.59 Å². The number of aromatic hydroxyl groups is 1. The summed E-state index contributed by atoms with van der Waals surface area (Å²) in [6, 6.07) is 2.83. The van der Waals surface area contributed by atoms with Crippen LogP contribution in [0.15, 0.2) is 43.0 Å². The van der Waals surface area contributed by atoms with E-state index in [1.807, 2.05) is 12.2 Å². The Hall–Kier alpha value is -2.86. The third kappa shape index (κ3) is 3.23. The normalized spacial score (nSPS) is 19.2. The fourth-order valence-electron chi connectivity index (χ4n) is 2.78. The second-order valence-corrected chi connectivity index (χ2v) is 5.50. The molecule has 24 heavy (non-hydrogen) atoms. The Bertz CT molecular complexity index is 763. The molecule has 2 aliphatic rings. The maximum absolute atomic E-state index is 11.8. The Labute approximate surface area is 139 Å². The van der Waals surface area contributed by atoms with E-state index in [2.05, 4.69) is 11.5 Å². The first-order valence-electron chi connectivity index (χ1n) is 7.59. The van der Waals surface area contributed by atoms with Crippen LogP contribution >= 0.6 is 0 Å². The van der Waals surface area contributed by atoms with Crippen LogP contribution in [0.1, 0.15) is 12.0 Å². The molecule has 0 fully saturated rings. The zero-order valence-electron chi connectivity index (χ0n) is 13.0. The molecule has 0 aromatic heterocycles. The van der Waals surface area contributed by atoms with Crippen molar-refractivity contribution in [3.05, 3.63) is 48.6 Å². The highest BCUT2D eigenvalue weighted by molar-refractivity contribution is 5.96. The molecule has 2 bridgehead atoms. The number of esters is 2. The zero-order valence-corrected chi connectivity index (χ0v) is 13.0. The quantitative estimate of drug-likeness (QED) is 0.520. The number of nitrogens with zero attached hydrogens (tertiary/aromatic N) is 1. The smallest absolute Gasteiger partial charge is 0.336 e. The van der Waals surface area contributed by atoms with Crippen LogP contribution in [0.3, 0.4) is 0 Å². The van der Waals surface area contributed by atoms with Gasteiger partial charge >= 0.3 is 11.9 Å². The van der Waals surface area contributed by atoms with Gasteiger partial charge in [-0.1, -0.05) is 12.2 Å². The maximum atomic E-state index is 11.8. The van der Waals surface area contributed by atoms with Gasteiger partial charge in [0.15, 0.2) is 11.5 Å². The van der Waals surface area contributed by atoms with Crippen molar-refractivity contribution in [2.45, 2.75) is 6.42 Å². The lowest BCUT2D eigenvalue weighted by molar-refractivity contribution is -0.131. The molecule has 0 saturated carbocycles. The molecule has 6 nitrogen and oxygen atoms in total. The maximum Gasteiger partial charge on any atom is 0.336 e. The van der Waals surface area contributed by atoms with Gasteiger partial charge in [0.2, 0.25) is 0 Å². The summed E-state index contributed by atoms with van der Waals surface area (Å²) >= 11 is 0. The van der Waals surface area contributed by atoms with E-state index < -0.39 is 11.9 Å². The van der Waals surface area contributed by atoms with Gasteiger partial charge in [-0.2, -0.15) is 0 Å². The van der Waals surface area contributed by atoms with Crippen molar-refractivity contribution < 1.29 is 24.2 Å². The molecule has 124 valence electrons. The first-order valence-corrected chi connectivity index (χ1v) is 7.59. The average Bonchev–Trinajstić information content (AvgIpc) is 2.60. The van der Waals surface area contributed by atoms with E-state index in [0.29, 0.717) is 18.7 Å². The van der Waals surface area contributed by atoms with Gasteiger partial charge < -0.3 is 14.6 Å². The molecule has 3 rings (SSSR count). The van der Waals surface area contributed by atoms with E-state index in [1.165, 1.54) is 12.1 Å². The van der Waals surface area contributed by atoms with E-state index in [4.69, 9.17) is 9.47 Å². The topological polar surface area (TPSA) is 76.1 Å². The summed E-state index contributed by atoms with van der Waals surface area (Å²) < 4.78 is 10.6. The lowest BCUT2D eigenvalue weighted by Crippen LogP contribution is -2.29. The van der Waals surface area contributed by atoms with Gasteiger partial charge in [-0.3, -0.25) is 4.90 Å². The summed E-state index contributed by atoms with van der Waals surface area (Å²) in [5.41, 5.74) is 1.25. The third-order valence-corrected chi connectivity index (χ3v) is 3.81. The van der Waals surface area contributed by atoms with Gasteiger partial charge in [0.05, 0.1) is 5.56 Å². The van der Waals surface area contributed by atoms with E-state index in [9.17, 15) is 14.7 Å². The largest absolute Gasteiger partial charge is 0.504 e. The predicted molar refractivity (Wildman–Crippen MR) is 87.7 cm³/mol. The van der Waals surface area contributed by atoms with E-state index in [0.717, 1.165) is 30.7 Å². The second kappa shape index (κ2) is 6.72. The lowest BCUT2D eigenvalue weighted by Gasteiger charge is -2.27. The van der Waals surface area contributed by atoms with Crippen LogP contribution in [-0.4, -0.2) is 41.6 Å². The molecule has 0 saturated heterocycles. The standard InChI is InChI=1S/C18H17NO5/c1-2-9-19-10-3-4-12(11-19)17-14-6-5-13(20)18(17)24-16(22)8-7-15(21)23-14/h2,4-8,20H,1,3,9-11H2/b8-7+. The van der Waals surface area contributed by atoms with Crippen LogP contribution in [0.2, 0.25) is 0 Å². The lowest BCUT2D eigenvalue weighted by atomic mass is 9.98. The number of rotatable bonds is 3. The highest BCUT2D eigenvalue weighted by Crippen LogP contribution is 2.43. The number of fused-ring (bicyclic) bond motifs is 2. The van der Waals surface area contributed by atoms with Crippen LogP contribution in [0.5, 0.6) is 17.2 Å². The number of hydrogen-bond acceptors (Lipinski definition) is 6. The van der Waals surface area contributed by atoms with E-state index in [-0.39, 0.29) is 17.2 Å². The number of ether oxygens (including phenoxy) is 2. The number of carbonyl (C=O) groups excluding carboxylic acids is 2. The van der Waals surface area contributed by atoms with Gasteiger partial charge in [-0.15, -0.1) is 6.58 Å². The summed E-state index contributed by atoms with van der Waals surface area (Å²) in [7, 11) is 0. The third-order valence-electron chi connectivity index (χ3n) is 3.81. The predicted octanol–water partition coefficient (Wildman–Crippen LogP) is 2.05. The monoisotopic (exact) mass is 327 g/mol. The first kappa shape index (κ1) is 16.0. The van der Waals surface area contributed by atoms with Crippen LogP contribution in [0.4, 0.5) is 0 Å². The molecule has 0 amide bonds. The molecular formula is C18H17NO5. The second-order valence-electron chi connectivity index (χ2n) is 5.50. The molecule has 0 unspecified atom stereocenters. The van der Waals surface area contributed by atoms with Crippen LogP contribution in [0, 0.1) is 0 Å². The molecule has 0 radical (unpaired) electrons. The highest BCUT2D eigenvalue weighted by atomic mass is 16.6. The Kier molecular flexibility index (Phi) is 4.48. The molecule has 2 heterocycles. The minimum Gasteiger partial charge on any atom is -0.504 e. The van der Waals surface area contributed by atoms with Crippen molar-refractivity contribution in [2.75, 3.05) is 19.6 Å². The van der Waals surface area contributed by atoms with Crippen molar-refractivity contribution in [3.8, 4) is 17.2 Å². The minimum atomic E-state index is -0.748. The fourth-order valence-corrected chi connectivity index (χ4v) is 2.78. The fraction of sp³-hybridized carbons (Fsp3) is 0.222. The molecule has 2 aliphatic heterocycles. The summed E-state index contributed by atoms with van der Waals surface area (Å²) in [6.07, 6.45) is 6.57. The van der Waals surface area contributed by atoms with Gasteiger partial charge in [-0.25, -0.2) is 9.59 Å². The van der Waals surface area contributed by atoms with Crippen molar-refractivity contribution in [3.63, 3.8) is 0 Å². The van der Waals surface area contributed by atoms with Crippen molar-refractivity contribution in [2.24, 2.45) is 0 Å². The zero-order chi connectivity index (χ0) is 17.1. The molecule has 0 atom stereocenters. The first-order chi connectivity index (χ1) is 11.6. The Balaban J connectivity index is 2.10. The molecule has 6 heteroatoms. The van der Waals surface area contributed by atoms with Crippen LogP contribution < -0.4 is 9.47 Å². The molecule has 1 aromatic rings. The Morgan fingerprint density at radius 1 is 1.21 bits per heavy atom. The minimum absolute atomic E-state index is 0.00329. The van der Waals surface area contributed by atoms with Crippen molar-refractivity contribution in [1.29, 1.82) is 0 Å². The summed E-state index contributed by atoms with van der Waals surface area (Å²) in [6.45, 7) is 5.89. The van der Waals surface area contributed by atoms with Gasteiger partial charge in [0, 0.05) is 31.8 Å². The SMILES string of the molecule is C=CCN1CCC=C(c2c3ccc(O)c2OC(=O)/C=C/C(=O)O3)C1. The van der Waals surface area contributed by atoms with Gasteiger partial charge in [0.1, 0.15) is 5.75 Å². The average molecular weight is 327 g/mol. The Morgan fingerprint density at radius 2 is 1.96 bits per heavy atom. The number of phenolic OH excluding ortho intramolecular Hbond substituents is 1. The van der Waals surface area contributed by atoms with E-state index in [1.54, 1.807) is 0 Å². The molecule has 0 spiro atoms. The summed E-state index contributed by atoms with van der Waals surface area (Å²) in [4.78, 5) is 25.8. The molecule has 1 N–H and O–H groups in total. The van der Waals surface area contributed by atoms with Crippen LogP contribution in [0.25, 0.3) is 5.57 Å². The molecular weight excluding hydrogens is 310 g/mol. The summed E-state index contributed by atoms with van der Waals surface area (Å²) in [5.74, 6) is -1.36.